The van der Waals surface area contributed by atoms with Gasteiger partial charge >= 0.3 is 25.7 Å². The molecule has 286 valence electrons. The summed E-state index contributed by atoms with van der Waals surface area (Å²) in [6.45, 7) is 2.57. The fourth-order valence-electron chi connectivity index (χ4n) is 4.39. The standard InChI is InChI=1S/C38H64NO10P/c1-3-5-7-9-11-13-14-15-16-17-18-19-20-22-24-26-28-30-37(41)49-34(32-47-50(44,45)48-33-35(39)38(42)43)31-46-36(40)29-27-25-23-21-12-10-8-6-4-2/h5,7,11,13,15-16,18-19,22,24,34-35H,3-4,6,8-10,12,14,17,20-21,23,25-33,39H2,1-2H3,(H,42,43)(H,44,45)/b7-5+,13-11+,16-15+,19-18+,24-22+/t34-,35-/m0/s1. The Hall–Kier alpha value is -2.82. The lowest BCUT2D eigenvalue weighted by Crippen LogP contribution is -2.34. The summed E-state index contributed by atoms with van der Waals surface area (Å²) in [6.07, 6.45) is 36.0. The van der Waals surface area contributed by atoms with Crippen molar-refractivity contribution in [2.45, 2.75) is 142 Å². The Labute approximate surface area is 300 Å². The van der Waals surface area contributed by atoms with Gasteiger partial charge in [0.2, 0.25) is 0 Å². The summed E-state index contributed by atoms with van der Waals surface area (Å²) >= 11 is 0. The highest BCUT2D eigenvalue weighted by Crippen LogP contribution is 2.43. The van der Waals surface area contributed by atoms with Crippen LogP contribution in [-0.2, 0) is 37.5 Å². The summed E-state index contributed by atoms with van der Waals surface area (Å²) in [5, 5.41) is 8.84. The minimum atomic E-state index is -4.72. The number of carbonyl (C=O) groups excluding carboxylic acids is 2. The molecule has 0 saturated heterocycles. The van der Waals surface area contributed by atoms with E-state index in [1.807, 2.05) is 12.2 Å². The first kappa shape index (κ1) is 47.2. The number of esters is 2. The van der Waals surface area contributed by atoms with Gasteiger partial charge in [0, 0.05) is 12.8 Å². The number of hydrogen-bond donors (Lipinski definition) is 3. The van der Waals surface area contributed by atoms with Gasteiger partial charge in [-0.1, -0.05) is 126 Å². The monoisotopic (exact) mass is 725 g/mol. The molecule has 0 aliphatic rings. The third-order valence-corrected chi connectivity index (χ3v) is 8.23. The summed E-state index contributed by atoms with van der Waals surface area (Å²) in [6, 6.07) is -1.53. The van der Waals surface area contributed by atoms with Gasteiger partial charge in [-0.3, -0.25) is 23.4 Å². The first-order valence-corrected chi connectivity index (χ1v) is 19.8. The normalized spacial score (nSPS) is 14.6. The van der Waals surface area contributed by atoms with E-state index in [0.29, 0.717) is 19.3 Å². The zero-order valence-electron chi connectivity index (χ0n) is 30.5. The van der Waals surface area contributed by atoms with Crippen molar-refractivity contribution in [1.29, 1.82) is 0 Å². The number of rotatable bonds is 33. The van der Waals surface area contributed by atoms with Crippen molar-refractivity contribution in [3.8, 4) is 0 Å². The number of nitrogens with two attached hydrogens (primary N) is 1. The summed E-state index contributed by atoms with van der Waals surface area (Å²) in [7, 11) is -4.72. The zero-order valence-corrected chi connectivity index (χ0v) is 31.4. The van der Waals surface area contributed by atoms with E-state index in [1.54, 1.807) is 0 Å². The van der Waals surface area contributed by atoms with Gasteiger partial charge in [-0.15, -0.1) is 0 Å². The fraction of sp³-hybridized carbons (Fsp3) is 0.658. The lowest BCUT2D eigenvalue weighted by atomic mass is 10.1. The van der Waals surface area contributed by atoms with Crippen molar-refractivity contribution in [2.24, 2.45) is 5.73 Å². The Morgan fingerprint density at radius 3 is 1.66 bits per heavy atom. The van der Waals surface area contributed by atoms with Crippen molar-refractivity contribution < 1.29 is 47.5 Å². The molecule has 0 amide bonds. The van der Waals surface area contributed by atoms with E-state index < -0.39 is 51.1 Å². The Morgan fingerprint density at radius 2 is 1.12 bits per heavy atom. The molecule has 0 aromatic heterocycles. The van der Waals surface area contributed by atoms with E-state index in [9.17, 15) is 23.8 Å². The first-order valence-electron chi connectivity index (χ1n) is 18.3. The molecule has 0 aromatic carbocycles. The van der Waals surface area contributed by atoms with Crippen LogP contribution in [0.2, 0.25) is 0 Å². The van der Waals surface area contributed by atoms with Gasteiger partial charge < -0.3 is 25.2 Å². The molecule has 50 heavy (non-hydrogen) atoms. The van der Waals surface area contributed by atoms with Crippen molar-refractivity contribution >= 4 is 25.7 Å². The summed E-state index contributed by atoms with van der Waals surface area (Å²) < 4.78 is 32.4. The number of unbranched alkanes of at least 4 members (excludes halogenated alkanes) is 9. The van der Waals surface area contributed by atoms with Gasteiger partial charge in [-0.05, 0) is 51.4 Å². The quantitative estimate of drug-likeness (QED) is 0.0255. The van der Waals surface area contributed by atoms with E-state index in [4.69, 9.17) is 24.8 Å². The van der Waals surface area contributed by atoms with E-state index in [2.05, 4.69) is 67.0 Å². The number of carboxylic acids is 1. The second-order valence-corrected chi connectivity index (χ2v) is 13.4. The van der Waals surface area contributed by atoms with E-state index in [1.165, 1.54) is 32.1 Å². The number of phosphoric acid groups is 1. The Bertz CT molecular complexity index is 1090. The second-order valence-electron chi connectivity index (χ2n) is 12.0. The number of carboxylic acid groups (broad SMARTS) is 1. The maximum atomic E-state index is 12.5. The highest BCUT2D eigenvalue weighted by molar-refractivity contribution is 7.47. The topological polar surface area (TPSA) is 172 Å². The molecule has 0 heterocycles. The molecular formula is C38H64NO10P. The van der Waals surface area contributed by atoms with Gasteiger partial charge in [0.25, 0.3) is 0 Å². The van der Waals surface area contributed by atoms with Gasteiger partial charge in [0.15, 0.2) is 6.10 Å². The smallest absolute Gasteiger partial charge is 0.472 e. The lowest BCUT2D eigenvalue weighted by Gasteiger charge is -2.20. The molecule has 12 heteroatoms. The highest BCUT2D eigenvalue weighted by atomic mass is 31.2. The number of hydrogen-bond acceptors (Lipinski definition) is 9. The number of allylic oxidation sites excluding steroid dienone is 10. The molecule has 4 N–H and O–H groups in total. The number of ether oxygens (including phenoxy) is 2. The average Bonchev–Trinajstić information content (AvgIpc) is 3.09. The van der Waals surface area contributed by atoms with Gasteiger partial charge in [-0.2, -0.15) is 0 Å². The molecule has 0 aliphatic heterocycles. The van der Waals surface area contributed by atoms with Gasteiger partial charge in [0.1, 0.15) is 12.6 Å². The summed E-state index contributed by atoms with van der Waals surface area (Å²) in [4.78, 5) is 45.6. The van der Waals surface area contributed by atoms with Crippen LogP contribution in [0.15, 0.2) is 60.8 Å². The Kier molecular flexibility index (Phi) is 31.5. The molecule has 1 unspecified atom stereocenters. The van der Waals surface area contributed by atoms with Crippen molar-refractivity contribution in [1.82, 2.24) is 0 Å². The molecule has 0 spiro atoms. The molecule has 0 aromatic rings. The first-order chi connectivity index (χ1) is 24.1. The van der Waals surface area contributed by atoms with Crippen LogP contribution in [0.3, 0.4) is 0 Å². The summed E-state index contributed by atoms with van der Waals surface area (Å²) in [5.41, 5.74) is 5.30. The minimum absolute atomic E-state index is 0.0813. The van der Waals surface area contributed by atoms with Crippen LogP contribution < -0.4 is 5.73 Å². The summed E-state index contributed by atoms with van der Waals surface area (Å²) in [5.74, 6) is -2.47. The molecule has 0 aliphatic carbocycles. The molecular weight excluding hydrogens is 661 g/mol. The zero-order chi connectivity index (χ0) is 37.1. The maximum Gasteiger partial charge on any atom is 0.472 e. The highest BCUT2D eigenvalue weighted by Gasteiger charge is 2.28. The van der Waals surface area contributed by atoms with Gasteiger partial charge in [0.05, 0.1) is 13.2 Å². The van der Waals surface area contributed by atoms with Crippen LogP contribution in [0.5, 0.6) is 0 Å². The molecule has 0 radical (unpaired) electrons. The molecule has 0 fully saturated rings. The van der Waals surface area contributed by atoms with Crippen molar-refractivity contribution in [3.05, 3.63) is 60.8 Å². The van der Waals surface area contributed by atoms with E-state index in [0.717, 1.165) is 51.4 Å². The fourth-order valence-corrected chi connectivity index (χ4v) is 5.17. The van der Waals surface area contributed by atoms with Crippen LogP contribution in [0, 0.1) is 0 Å². The van der Waals surface area contributed by atoms with Crippen LogP contribution in [0.4, 0.5) is 0 Å². The molecule has 0 rings (SSSR count). The predicted molar refractivity (Wildman–Crippen MR) is 198 cm³/mol. The van der Waals surface area contributed by atoms with Crippen LogP contribution in [0.1, 0.15) is 129 Å². The largest absolute Gasteiger partial charge is 0.480 e. The number of aliphatic carboxylic acids is 1. The molecule has 3 atom stereocenters. The SMILES string of the molecule is CC/C=C/C/C=C/C/C=C/C/C=C/C/C=C/CCCC(=O)O[C@@H](COC(=O)CCCCCCCCCCC)COP(=O)(O)OC[C@H](N)C(=O)O. The predicted octanol–water partition coefficient (Wildman–Crippen LogP) is 8.83. The third kappa shape index (κ3) is 32.4. The number of carbonyl (C=O) groups is 3. The number of phosphoric ester groups is 1. The molecule has 0 bridgehead atoms. The van der Waals surface area contributed by atoms with Crippen LogP contribution >= 0.6 is 7.82 Å². The lowest BCUT2D eigenvalue weighted by molar-refractivity contribution is -0.161. The van der Waals surface area contributed by atoms with E-state index in [-0.39, 0.29) is 19.4 Å². The Balaban J connectivity index is 4.57. The van der Waals surface area contributed by atoms with Crippen molar-refractivity contribution in [3.63, 3.8) is 0 Å². The second kappa shape index (κ2) is 33.3. The molecule has 0 saturated carbocycles. The minimum Gasteiger partial charge on any atom is -0.480 e. The van der Waals surface area contributed by atoms with E-state index >= 15 is 0 Å². The van der Waals surface area contributed by atoms with Crippen LogP contribution in [0.25, 0.3) is 0 Å². The third-order valence-electron chi connectivity index (χ3n) is 7.28. The average molecular weight is 726 g/mol. The Morgan fingerprint density at radius 1 is 0.640 bits per heavy atom. The van der Waals surface area contributed by atoms with Crippen molar-refractivity contribution in [2.75, 3.05) is 19.8 Å². The van der Waals surface area contributed by atoms with Crippen LogP contribution in [-0.4, -0.2) is 59.9 Å². The van der Waals surface area contributed by atoms with Gasteiger partial charge in [-0.25, -0.2) is 4.57 Å². The maximum absolute atomic E-state index is 12.5. The molecule has 11 nitrogen and oxygen atoms in total.